The van der Waals surface area contributed by atoms with E-state index in [1.807, 2.05) is 19.9 Å². The second kappa shape index (κ2) is 19.0. The van der Waals surface area contributed by atoms with Gasteiger partial charge in [0, 0.05) is 26.1 Å². The minimum Gasteiger partial charge on any atom is -0.417 e. The molecule has 3 aromatic carbocycles. The van der Waals surface area contributed by atoms with Gasteiger partial charge in [0.15, 0.2) is 19.9 Å². The van der Waals surface area contributed by atoms with Crippen molar-refractivity contribution in [2.75, 3.05) is 13.2 Å². The van der Waals surface area contributed by atoms with E-state index < -0.39 is 28.2 Å². The molecule has 0 unspecified atom stereocenters. The molecule has 2 aliphatic rings. The lowest BCUT2D eigenvalue weighted by Crippen LogP contribution is -2.69. The molecule has 3 aromatic rings. The Kier molecular flexibility index (Phi) is 15.3. The fourth-order valence-corrected chi connectivity index (χ4v) is 14.2. The molecule has 0 aliphatic carbocycles. The van der Waals surface area contributed by atoms with Gasteiger partial charge in [0.2, 0.25) is 0 Å². The highest BCUT2D eigenvalue weighted by Gasteiger charge is 2.53. The Hall–Kier alpha value is -2.19. The third-order valence-corrected chi connectivity index (χ3v) is 21.7. The minimum atomic E-state index is -2.94. The van der Waals surface area contributed by atoms with Gasteiger partial charge in [0.1, 0.15) is 0 Å². The summed E-state index contributed by atoms with van der Waals surface area (Å²) in [5.41, 5.74) is 1.18. The van der Waals surface area contributed by atoms with Gasteiger partial charge < -0.3 is 32.5 Å². The maximum atomic E-state index is 7.98. The van der Waals surface area contributed by atoms with Crippen molar-refractivity contribution in [1.82, 2.24) is 0 Å². The van der Waals surface area contributed by atoms with Gasteiger partial charge in [-0.3, -0.25) is 0 Å². The Labute approximate surface area is 347 Å². The first-order valence-electron chi connectivity index (χ1n) is 21.5. The van der Waals surface area contributed by atoms with E-state index in [0.717, 1.165) is 38.5 Å². The molecule has 5 atom stereocenters. The molecule has 0 spiro atoms. The summed E-state index contributed by atoms with van der Waals surface area (Å²) in [7, 11) is -4.84. The average Bonchev–Trinajstić information content (AvgIpc) is 3.12. The lowest BCUT2D eigenvalue weighted by molar-refractivity contribution is -0.315. The third-order valence-electron chi connectivity index (χ3n) is 12.1. The smallest absolute Gasteiger partial charge is 0.261 e. The number of rotatable bonds is 17. The molecule has 316 valence electrons. The summed E-state index contributed by atoms with van der Waals surface area (Å²) in [5.74, 6) is -1.48. The first kappa shape index (κ1) is 45.9. The van der Waals surface area contributed by atoms with Gasteiger partial charge in [-0.1, -0.05) is 133 Å². The van der Waals surface area contributed by atoms with Crippen LogP contribution in [0.4, 0.5) is 0 Å². The molecule has 0 radical (unpaired) electrons. The van der Waals surface area contributed by atoms with Crippen molar-refractivity contribution in [1.29, 1.82) is 0 Å². The van der Waals surface area contributed by atoms with Crippen molar-refractivity contribution in [3.05, 3.63) is 96.6 Å². The number of benzene rings is 3. The summed E-state index contributed by atoms with van der Waals surface area (Å²) in [6.07, 6.45) is 4.36. The van der Waals surface area contributed by atoms with Crippen LogP contribution in [-0.2, 0) is 39.1 Å². The van der Waals surface area contributed by atoms with Crippen LogP contribution in [0.1, 0.15) is 113 Å². The second-order valence-electron chi connectivity index (χ2n) is 19.8. The topological polar surface area (TPSA) is 64.6 Å². The Morgan fingerprint density at radius 2 is 1.09 bits per heavy atom. The molecule has 0 bridgehead atoms. The highest BCUT2D eigenvalue weighted by Crippen LogP contribution is 2.42. The van der Waals surface area contributed by atoms with Gasteiger partial charge in [0.05, 0.1) is 37.1 Å². The molecule has 0 saturated carbocycles. The minimum absolute atomic E-state index is 0.000219. The van der Waals surface area contributed by atoms with Crippen molar-refractivity contribution in [2.45, 2.75) is 180 Å². The van der Waals surface area contributed by atoms with E-state index in [4.69, 9.17) is 32.5 Å². The Morgan fingerprint density at radius 3 is 1.61 bits per heavy atom. The van der Waals surface area contributed by atoms with Crippen molar-refractivity contribution in [3.63, 3.8) is 0 Å². The van der Waals surface area contributed by atoms with Crippen LogP contribution in [0.15, 0.2) is 91.0 Å². The molecule has 2 heterocycles. The molecule has 9 heteroatoms. The monoisotopic (exact) mass is 818 g/mol. The van der Waals surface area contributed by atoms with Crippen molar-refractivity contribution in [2.24, 2.45) is 0 Å². The number of hydrogen-bond acceptors (Lipinski definition) is 7. The van der Waals surface area contributed by atoms with Crippen molar-refractivity contribution in [3.8, 4) is 0 Å². The molecule has 57 heavy (non-hydrogen) atoms. The molecular formula is C48H74O7Si2. The molecule has 2 fully saturated rings. The van der Waals surface area contributed by atoms with Crippen molar-refractivity contribution >= 4 is 27.0 Å². The first-order chi connectivity index (χ1) is 26.7. The summed E-state index contributed by atoms with van der Waals surface area (Å²) in [6.45, 7) is 28.6. The van der Waals surface area contributed by atoms with E-state index in [1.54, 1.807) is 0 Å². The zero-order valence-corrected chi connectivity index (χ0v) is 39.3. The van der Waals surface area contributed by atoms with E-state index in [1.165, 1.54) is 15.9 Å². The van der Waals surface area contributed by atoms with E-state index >= 15 is 0 Å². The summed E-state index contributed by atoms with van der Waals surface area (Å²) in [5, 5.41) is 2.49. The van der Waals surface area contributed by atoms with Crippen LogP contribution in [0.2, 0.25) is 23.2 Å². The summed E-state index contributed by atoms with van der Waals surface area (Å²) in [6, 6.07) is 32.2. The van der Waals surface area contributed by atoms with Gasteiger partial charge in [0.25, 0.3) is 8.32 Å². The van der Waals surface area contributed by atoms with Crippen LogP contribution < -0.4 is 10.4 Å². The summed E-state index contributed by atoms with van der Waals surface area (Å²) >= 11 is 0. The normalized spacial score (nSPS) is 23.6. The first-order valence-corrected chi connectivity index (χ1v) is 26.3. The Morgan fingerprint density at radius 1 is 0.614 bits per heavy atom. The fourth-order valence-electron chi connectivity index (χ4n) is 8.36. The van der Waals surface area contributed by atoms with Crippen LogP contribution in [-0.4, -0.2) is 71.9 Å². The van der Waals surface area contributed by atoms with Crippen LogP contribution >= 0.6 is 0 Å². The van der Waals surface area contributed by atoms with Gasteiger partial charge in [-0.05, 0) is 92.5 Å². The molecule has 7 nitrogen and oxygen atoms in total. The predicted octanol–water partition coefficient (Wildman–Crippen LogP) is 10.6. The third kappa shape index (κ3) is 12.4. The molecule has 0 amide bonds. The van der Waals surface area contributed by atoms with Crippen LogP contribution in [0, 0.1) is 0 Å². The van der Waals surface area contributed by atoms with E-state index in [0.29, 0.717) is 19.8 Å². The summed E-state index contributed by atoms with van der Waals surface area (Å²) in [4.78, 5) is 0. The Bertz CT molecular complexity index is 1600. The van der Waals surface area contributed by atoms with Crippen LogP contribution in [0.3, 0.4) is 0 Å². The Balaban J connectivity index is 1.42. The number of ether oxygens (including phenoxy) is 5. The highest BCUT2D eigenvalue weighted by molar-refractivity contribution is 6.99. The van der Waals surface area contributed by atoms with Gasteiger partial charge >= 0.3 is 0 Å². The summed E-state index contributed by atoms with van der Waals surface area (Å²) < 4.78 is 47.5. The largest absolute Gasteiger partial charge is 0.417 e. The number of hydrogen-bond donors (Lipinski definition) is 0. The maximum absolute atomic E-state index is 7.98. The van der Waals surface area contributed by atoms with Crippen LogP contribution in [0.25, 0.3) is 0 Å². The quantitative estimate of drug-likeness (QED) is 0.0993. The predicted molar refractivity (Wildman–Crippen MR) is 237 cm³/mol. The standard InChI is InChI=1S/C48H74O7Si2/c1-45(2,3)56(11,12)50-33-31-40-35-44(54-48(9,10)53-40)43(55-57(46(4,5)6,41-24-18-14-19-25-41)42-26-20-15-21-27-42)29-28-38-34-39(52-47(7,8)51-38)30-32-49-36-37-22-16-13-17-23-37/h13-27,38-40,43-44H,28-36H2,1-12H3/t38-,39+,40-,43-,44-/m1/s1. The highest BCUT2D eigenvalue weighted by atomic mass is 28.4. The molecule has 2 saturated heterocycles. The molecular weight excluding hydrogens is 745 g/mol. The lowest BCUT2D eigenvalue weighted by atomic mass is 9.95. The SMILES string of the molecule is CC1(C)O[C@H](CC[C@@H](O[Si](c2ccccc2)(c2ccccc2)C(C)(C)C)[C@H]2C[C@@H](CCO[Si](C)(C)C(C)(C)C)OC(C)(C)O2)C[C@H](CCOCc2ccccc2)O1. The zero-order chi connectivity index (χ0) is 41.5. The van der Waals surface area contributed by atoms with Gasteiger partial charge in [-0.2, -0.15) is 0 Å². The van der Waals surface area contributed by atoms with Gasteiger partial charge in [-0.15, -0.1) is 0 Å². The fraction of sp³-hybridized carbons (Fsp3) is 0.625. The molecule has 2 aliphatic heterocycles. The maximum Gasteiger partial charge on any atom is 0.261 e. The van der Waals surface area contributed by atoms with E-state index in [-0.39, 0.29) is 40.6 Å². The lowest BCUT2D eigenvalue weighted by Gasteiger charge is -2.49. The average molecular weight is 819 g/mol. The van der Waals surface area contributed by atoms with E-state index in [2.05, 4.69) is 153 Å². The van der Waals surface area contributed by atoms with Crippen molar-refractivity contribution < 1.29 is 32.5 Å². The second-order valence-corrected chi connectivity index (χ2v) is 28.8. The van der Waals surface area contributed by atoms with E-state index in [9.17, 15) is 0 Å². The zero-order valence-electron chi connectivity index (χ0n) is 37.3. The molecule has 0 N–H and O–H groups in total. The molecule has 5 rings (SSSR count). The van der Waals surface area contributed by atoms with Gasteiger partial charge in [-0.25, -0.2) is 0 Å². The molecule has 0 aromatic heterocycles. The van der Waals surface area contributed by atoms with Crippen LogP contribution in [0.5, 0.6) is 0 Å².